The predicted molar refractivity (Wildman–Crippen MR) is 104 cm³/mol. The summed E-state index contributed by atoms with van der Waals surface area (Å²) in [4.78, 5) is 12.5. The van der Waals surface area contributed by atoms with Crippen LogP contribution in [0.5, 0.6) is 0 Å². The molecular weight excluding hydrogens is 381 g/mol. The van der Waals surface area contributed by atoms with Crippen LogP contribution in [0.25, 0.3) is 0 Å². The Morgan fingerprint density at radius 2 is 1.76 bits per heavy atom. The Labute approximate surface area is 167 Å². The quantitative estimate of drug-likeness (QED) is 0.716. The van der Waals surface area contributed by atoms with Crippen LogP contribution in [-0.4, -0.2) is 33.6 Å². The maximum atomic E-state index is 13.6. The number of aryl methyl sites for hydroxylation is 2. The molecule has 7 heteroatoms. The molecular formula is C22H23F3N2O2. The second-order valence-electron chi connectivity index (χ2n) is 7.25. The van der Waals surface area contributed by atoms with Crippen LogP contribution in [0, 0.1) is 6.92 Å². The summed E-state index contributed by atoms with van der Waals surface area (Å²) in [6.45, 7) is 1.75. The van der Waals surface area contributed by atoms with Crippen LogP contribution in [0.2, 0.25) is 0 Å². The molecule has 1 amide bonds. The second kappa shape index (κ2) is 8.37. The smallest absolute Gasteiger partial charge is 0.362 e. The minimum Gasteiger partial charge on any atom is -0.362 e. The monoisotopic (exact) mass is 404 g/mol. The molecule has 0 bridgehead atoms. The van der Waals surface area contributed by atoms with Crippen molar-refractivity contribution in [3.05, 3.63) is 71.3 Å². The third-order valence-corrected chi connectivity index (χ3v) is 5.08. The molecule has 3 rings (SSSR count). The predicted octanol–water partition coefficient (Wildman–Crippen LogP) is 4.60. The van der Waals surface area contributed by atoms with E-state index >= 15 is 0 Å². The van der Waals surface area contributed by atoms with Gasteiger partial charge in [0.15, 0.2) is 0 Å². The van der Waals surface area contributed by atoms with Gasteiger partial charge in [-0.1, -0.05) is 54.6 Å². The van der Waals surface area contributed by atoms with E-state index in [1.807, 2.05) is 30.3 Å². The first-order chi connectivity index (χ1) is 13.7. The molecule has 2 aromatic rings. The number of hydrazone groups is 1. The molecule has 0 aromatic heterocycles. The fourth-order valence-corrected chi connectivity index (χ4v) is 3.43. The van der Waals surface area contributed by atoms with Crippen LogP contribution in [-0.2, 0) is 11.2 Å². The normalized spacial score (nSPS) is 19.3. The Morgan fingerprint density at radius 3 is 2.41 bits per heavy atom. The number of unbranched alkanes of at least 4 members (excludes halogenated alkanes) is 1. The number of rotatable bonds is 6. The van der Waals surface area contributed by atoms with Crippen molar-refractivity contribution in [3.8, 4) is 0 Å². The maximum Gasteiger partial charge on any atom is 0.438 e. The number of benzene rings is 2. The molecule has 0 saturated carbocycles. The lowest BCUT2D eigenvalue weighted by Gasteiger charge is -2.32. The van der Waals surface area contributed by atoms with Crippen molar-refractivity contribution in [2.45, 2.75) is 50.9 Å². The number of nitrogens with zero attached hydrogens (tertiary/aromatic N) is 2. The van der Waals surface area contributed by atoms with Crippen molar-refractivity contribution in [3.63, 3.8) is 0 Å². The Bertz CT molecular complexity index is 896. The van der Waals surface area contributed by atoms with Crippen LogP contribution < -0.4 is 0 Å². The van der Waals surface area contributed by atoms with Crippen molar-refractivity contribution >= 4 is 11.6 Å². The lowest BCUT2D eigenvalue weighted by Crippen LogP contribution is -2.56. The van der Waals surface area contributed by atoms with E-state index in [2.05, 4.69) is 5.10 Å². The van der Waals surface area contributed by atoms with E-state index < -0.39 is 24.2 Å². The van der Waals surface area contributed by atoms with E-state index in [4.69, 9.17) is 0 Å². The van der Waals surface area contributed by atoms with Crippen LogP contribution in [0.4, 0.5) is 13.2 Å². The molecule has 2 aromatic carbocycles. The van der Waals surface area contributed by atoms with Crippen LogP contribution in [0.3, 0.4) is 0 Å². The highest BCUT2D eigenvalue weighted by Crippen LogP contribution is 2.42. The van der Waals surface area contributed by atoms with Crippen molar-refractivity contribution in [1.29, 1.82) is 0 Å². The maximum absolute atomic E-state index is 13.6. The summed E-state index contributed by atoms with van der Waals surface area (Å²) in [7, 11) is 0. The van der Waals surface area contributed by atoms with Crippen LogP contribution >= 0.6 is 0 Å². The second-order valence-corrected chi connectivity index (χ2v) is 7.25. The SMILES string of the molecule is Cc1ccccc1C1=NN(C(=O)CCCCc2ccccc2)C(O)(C(F)(F)F)C1. The van der Waals surface area contributed by atoms with Gasteiger partial charge in [0.2, 0.25) is 5.91 Å². The number of carbonyl (C=O) groups excluding carboxylic acids is 1. The molecule has 1 N–H and O–H groups in total. The van der Waals surface area contributed by atoms with Gasteiger partial charge in [-0.3, -0.25) is 4.79 Å². The summed E-state index contributed by atoms with van der Waals surface area (Å²) in [5.41, 5.74) is -0.933. The lowest BCUT2D eigenvalue weighted by molar-refractivity contribution is -0.302. The standard InChI is InChI=1S/C22H23F3N2O2/c1-16-9-5-7-13-18(16)19-15-21(29,22(23,24)25)27(26-19)20(28)14-8-6-12-17-10-3-2-4-11-17/h2-5,7,9-11,13,29H,6,8,12,14-15H2,1H3. The van der Waals surface area contributed by atoms with E-state index in [0.717, 1.165) is 17.5 Å². The third kappa shape index (κ3) is 4.50. The molecule has 0 spiro atoms. The van der Waals surface area contributed by atoms with Gasteiger partial charge in [0.25, 0.3) is 5.72 Å². The van der Waals surface area contributed by atoms with Crippen LogP contribution in [0.15, 0.2) is 59.7 Å². The average molecular weight is 404 g/mol. The summed E-state index contributed by atoms with van der Waals surface area (Å²) in [5, 5.41) is 14.5. The number of alkyl halides is 3. The summed E-state index contributed by atoms with van der Waals surface area (Å²) in [5.74, 6) is -0.832. The molecule has 0 radical (unpaired) electrons. The first-order valence-corrected chi connectivity index (χ1v) is 9.52. The van der Waals surface area contributed by atoms with Crippen molar-refractivity contribution < 1.29 is 23.1 Å². The van der Waals surface area contributed by atoms with Gasteiger partial charge >= 0.3 is 6.18 Å². The minimum absolute atomic E-state index is 0.0561. The first-order valence-electron chi connectivity index (χ1n) is 9.52. The van der Waals surface area contributed by atoms with Gasteiger partial charge in [0.1, 0.15) is 0 Å². The molecule has 1 unspecified atom stereocenters. The lowest BCUT2D eigenvalue weighted by atomic mass is 9.97. The largest absolute Gasteiger partial charge is 0.438 e. The first kappa shape index (κ1) is 21.0. The van der Waals surface area contributed by atoms with Crippen molar-refractivity contribution in [2.75, 3.05) is 0 Å². The highest BCUT2D eigenvalue weighted by molar-refractivity contribution is 6.04. The average Bonchev–Trinajstić information content (AvgIpc) is 3.05. The molecule has 4 nitrogen and oxygen atoms in total. The molecule has 154 valence electrons. The molecule has 29 heavy (non-hydrogen) atoms. The Morgan fingerprint density at radius 1 is 1.10 bits per heavy atom. The molecule has 1 atom stereocenters. The van der Waals surface area contributed by atoms with Gasteiger partial charge < -0.3 is 5.11 Å². The Kier molecular flexibility index (Phi) is 6.07. The fourth-order valence-electron chi connectivity index (χ4n) is 3.43. The topological polar surface area (TPSA) is 52.9 Å². The molecule has 1 heterocycles. The Balaban J connectivity index is 1.72. The third-order valence-electron chi connectivity index (χ3n) is 5.08. The molecule has 1 aliphatic heterocycles. The fraction of sp³-hybridized carbons (Fsp3) is 0.364. The molecule has 0 aliphatic carbocycles. The number of hydrogen-bond donors (Lipinski definition) is 1. The van der Waals surface area contributed by atoms with E-state index in [-0.39, 0.29) is 17.1 Å². The van der Waals surface area contributed by atoms with Gasteiger partial charge in [-0.25, -0.2) is 0 Å². The summed E-state index contributed by atoms with van der Waals surface area (Å²) in [6.07, 6.45) is -4.11. The van der Waals surface area contributed by atoms with Crippen LogP contribution in [0.1, 0.15) is 42.4 Å². The zero-order chi connectivity index (χ0) is 21.1. The van der Waals surface area contributed by atoms with Gasteiger partial charge in [0, 0.05) is 12.0 Å². The zero-order valence-corrected chi connectivity index (χ0v) is 16.1. The number of carbonyl (C=O) groups is 1. The highest BCUT2D eigenvalue weighted by Gasteiger charge is 2.63. The Hall–Kier alpha value is -2.67. The van der Waals surface area contributed by atoms with Gasteiger partial charge in [-0.2, -0.15) is 23.3 Å². The van der Waals surface area contributed by atoms with E-state index in [9.17, 15) is 23.1 Å². The molecule has 0 saturated heterocycles. The van der Waals surface area contributed by atoms with E-state index in [0.29, 0.717) is 18.4 Å². The van der Waals surface area contributed by atoms with E-state index in [1.165, 1.54) is 0 Å². The van der Waals surface area contributed by atoms with Gasteiger partial charge in [-0.05, 0) is 37.3 Å². The number of aliphatic hydroxyl groups is 1. The van der Waals surface area contributed by atoms with Crippen molar-refractivity contribution in [2.24, 2.45) is 5.10 Å². The summed E-state index contributed by atoms with van der Waals surface area (Å²) < 4.78 is 40.9. The van der Waals surface area contributed by atoms with E-state index in [1.54, 1.807) is 31.2 Å². The van der Waals surface area contributed by atoms with Crippen molar-refractivity contribution in [1.82, 2.24) is 5.01 Å². The highest BCUT2D eigenvalue weighted by atomic mass is 19.4. The molecule has 0 fully saturated rings. The number of halogens is 3. The van der Waals surface area contributed by atoms with Gasteiger partial charge in [0.05, 0.1) is 12.1 Å². The number of hydrogen-bond acceptors (Lipinski definition) is 3. The zero-order valence-electron chi connectivity index (χ0n) is 16.1. The number of amides is 1. The summed E-state index contributed by atoms with van der Waals surface area (Å²) >= 11 is 0. The molecule has 1 aliphatic rings. The summed E-state index contributed by atoms with van der Waals surface area (Å²) in [6, 6.07) is 16.5. The minimum atomic E-state index is -5.01. The van der Waals surface area contributed by atoms with Gasteiger partial charge in [-0.15, -0.1) is 0 Å².